The molecule has 0 unspecified atom stereocenters. The molecule has 4 rings (SSSR count). The first-order valence-corrected chi connectivity index (χ1v) is 8.26. The highest BCUT2D eigenvalue weighted by molar-refractivity contribution is 5.96. The van der Waals surface area contributed by atoms with Crippen molar-refractivity contribution in [3.63, 3.8) is 0 Å². The molecule has 1 amide bonds. The van der Waals surface area contributed by atoms with E-state index in [1.54, 1.807) is 19.6 Å². The lowest BCUT2D eigenvalue weighted by molar-refractivity contribution is 0.0948. The summed E-state index contributed by atoms with van der Waals surface area (Å²) in [6.45, 7) is 0.544. The molecule has 7 nitrogen and oxygen atoms in total. The summed E-state index contributed by atoms with van der Waals surface area (Å²) < 4.78 is 5.29. The second-order valence-corrected chi connectivity index (χ2v) is 6.03. The molecule has 2 aromatic heterocycles. The van der Waals surface area contributed by atoms with Gasteiger partial charge in [0.2, 0.25) is 0 Å². The third-order valence-corrected chi connectivity index (χ3v) is 4.54. The van der Waals surface area contributed by atoms with Crippen LogP contribution in [0.2, 0.25) is 0 Å². The number of amides is 1. The number of ether oxygens (including phenoxy) is 1. The number of hydrogen-bond donors (Lipinski definition) is 3. The number of carbonyl (C=O) groups is 1. The number of aromatic nitrogens is 4. The van der Waals surface area contributed by atoms with Crippen LogP contribution in [0.4, 0.5) is 0 Å². The molecule has 3 N–H and O–H groups in total. The van der Waals surface area contributed by atoms with Gasteiger partial charge in [-0.1, -0.05) is 0 Å². The Balaban J connectivity index is 1.51. The molecule has 1 aliphatic rings. The number of hydrogen-bond acceptors (Lipinski definition) is 4. The summed E-state index contributed by atoms with van der Waals surface area (Å²) in [7, 11) is 1.66. The molecule has 0 bridgehead atoms. The van der Waals surface area contributed by atoms with Crippen molar-refractivity contribution in [1.29, 1.82) is 0 Å². The van der Waals surface area contributed by atoms with E-state index in [0.717, 1.165) is 41.1 Å². The van der Waals surface area contributed by atoms with E-state index >= 15 is 0 Å². The van der Waals surface area contributed by atoms with E-state index in [1.165, 1.54) is 5.56 Å². The Morgan fingerprint density at radius 1 is 1.36 bits per heavy atom. The van der Waals surface area contributed by atoms with Crippen molar-refractivity contribution < 1.29 is 9.53 Å². The third kappa shape index (κ3) is 2.88. The molecule has 3 aromatic rings. The van der Waals surface area contributed by atoms with Gasteiger partial charge in [-0.25, -0.2) is 4.98 Å². The minimum absolute atomic E-state index is 0.120. The summed E-state index contributed by atoms with van der Waals surface area (Å²) in [6.07, 6.45) is 5.76. The molecule has 0 fully saturated rings. The van der Waals surface area contributed by atoms with Crippen molar-refractivity contribution in [1.82, 2.24) is 25.5 Å². The number of H-pyrrole nitrogens is 2. The van der Waals surface area contributed by atoms with Crippen LogP contribution >= 0.6 is 0 Å². The van der Waals surface area contributed by atoms with Crippen LogP contribution in [0.25, 0.3) is 11.3 Å². The van der Waals surface area contributed by atoms with E-state index in [9.17, 15) is 4.79 Å². The smallest absolute Gasteiger partial charge is 0.269 e. The summed E-state index contributed by atoms with van der Waals surface area (Å²) in [4.78, 5) is 19.5. The Morgan fingerprint density at radius 3 is 3.08 bits per heavy atom. The minimum atomic E-state index is -0.120. The number of benzene rings is 1. The fourth-order valence-corrected chi connectivity index (χ4v) is 3.23. The maximum Gasteiger partial charge on any atom is 0.269 e. The Bertz CT molecular complexity index is 898. The van der Waals surface area contributed by atoms with Gasteiger partial charge in [0.1, 0.15) is 11.4 Å². The van der Waals surface area contributed by atoms with E-state index in [2.05, 4.69) is 25.5 Å². The summed E-state index contributed by atoms with van der Waals surface area (Å²) in [5.74, 6) is 0.722. The van der Waals surface area contributed by atoms with Gasteiger partial charge in [-0.05, 0) is 36.6 Å². The molecule has 0 atom stereocenters. The number of carbonyl (C=O) groups excluding carboxylic acids is 1. The molecule has 2 heterocycles. The third-order valence-electron chi connectivity index (χ3n) is 4.54. The number of nitrogens with zero attached hydrogens (tertiary/aromatic N) is 2. The van der Waals surface area contributed by atoms with Gasteiger partial charge in [-0.15, -0.1) is 0 Å². The Labute approximate surface area is 144 Å². The van der Waals surface area contributed by atoms with Gasteiger partial charge < -0.3 is 15.0 Å². The number of aryl methyl sites for hydroxylation is 1. The molecule has 1 aliphatic carbocycles. The quantitative estimate of drug-likeness (QED) is 0.662. The first-order chi connectivity index (χ1) is 12.3. The first-order valence-electron chi connectivity index (χ1n) is 8.26. The molecule has 128 valence electrons. The second kappa shape index (κ2) is 6.43. The zero-order chi connectivity index (χ0) is 17.2. The average Bonchev–Trinajstić information content (AvgIpc) is 3.30. The molecule has 1 aromatic carbocycles. The lowest BCUT2D eigenvalue weighted by atomic mass is 9.89. The van der Waals surface area contributed by atoms with Gasteiger partial charge in [0.25, 0.3) is 5.91 Å². The summed E-state index contributed by atoms with van der Waals surface area (Å²) in [5, 5.41) is 10.2. The first kappa shape index (κ1) is 15.4. The predicted octanol–water partition coefficient (Wildman–Crippen LogP) is 1.88. The van der Waals surface area contributed by atoms with Crippen molar-refractivity contribution in [3.05, 3.63) is 53.2 Å². The van der Waals surface area contributed by atoms with Crippen LogP contribution < -0.4 is 10.1 Å². The number of rotatable bonds is 5. The molecule has 0 saturated carbocycles. The highest BCUT2D eigenvalue weighted by Gasteiger charge is 2.25. The maximum atomic E-state index is 12.5. The number of nitrogens with one attached hydrogen (secondary N) is 3. The number of imidazole rings is 1. The minimum Gasteiger partial charge on any atom is -0.497 e. The summed E-state index contributed by atoms with van der Waals surface area (Å²) >= 11 is 0. The summed E-state index contributed by atoms with van der Waals surface area (Å²) in [6, 6.07) is 5.97. The monoisotopic (exact) mass is 337 g/mol. The fourth-order valence-electron chi connectivity index (χ4n) is 3.23. The van der Waals surface area contributed by atoms with Crippen LogP contribution in [0.1, 0.15) is 27.3 Å². The molecular weight excluding hydrogens is 318 g/mol. The standard InChI is InChI=1S/C18H19N5O2/c1-25-13-3-5-14-11(8-13)2-4-15-16(14)22-23-17(15)18(24)20-7-6-12-9-19-10-21-12/h3,5,8-10H,2,4,6-7H2,1H3,(H,19,21)(H,20,24)(H,22,23). The zero-order valence-corrected chi connectivity index (χ0v) is 13.9. The van der Waals surface area contributed by atoms with Crippen LogP contribution in [0.5, 0.6) is 5.75 Å². The lowest BCUT2D eigenvalue weighted by Crippen LogP contribution is -2.27. The van der Waals surface area contributed by atoms with E-state index in [0.29, 0.717) is 18.7 Å². The summed E-state index contributed by atoms with van der Waals surface area (Å²) in [5.41, 5.74) is 5.66. The van der Waals surface area contributed by atoms with Gasteiger partial charge in [0.05, 0.1) is 19.1 Å². The fraction of sp³-hybridized carbons (Fsp3) is 0.278. The van der Waals surface area contributed by atoms with Crippen LogP contribution in [0.3, 0.4) is 0 Å². The second-order valence-electron chi connectivity index (χ2n) is 6.03. The van der Waals surface area contributed by atoms with Gasteiger partial charge in [0.15, 0.2) is 0 Å². The van der Waals surface area contributed by atoms with Gasteiger partial charge in [-0.2, -0.15) is 5.10 Å². The molecule has 0 saturated heterocycles. The molecule has 7 heteroatoms. The van der Waals surface area contributed by atoms with Crippen molar-refractivity contribution in [2.45, 2.75) is 19.3 Å². The molecule has 0 radical (unpaired) electrons. The van der Waals surface area contributed by atoms with Gasteiger partial charge in [-0.3, -0.25) is 9.89 Å². The molecular formula is C18H19N5O2. The Kier molecular flexibility index (Phi) is 3.97. The van der Waals surface area contributed by atoms with E-state index in [4.69, 9.17) is 4.74 Å². The number of aromatic amines is 2. The van der Waals surface area contributed by atoms with Crippen molar-refractivity contribution >= 4 is 5.91 Å². The predicted molar refractivity (Wildman–Crippen MR) is 92.6 cm³/mol. The zero-order valence-electron chi connectivity index (χ0n) is 13.9. The van der Waals surface area contributed by atoms with E-state index < -0.39 is 0 Å². The average molecular weight is 337 g/mol. The van der Waals surface area contributed by atoms with Crippen molar-refractivity contribution in [2.24, 2.45) is 0 Å². The number of methoxy groups -OCH3 is 1. The number of fused-ring (bicyclic) bond motifs is 3. The van der Waals surface area contributed by atoms with Crippen molar-refractivity contribution in [3.8, 4) is 17.0 Å². The maximum absolute atomic E-state index is 12.5. The SMILES string of the molecule is COc1ccc2c(c1)CCc1c-2n[nH]c1C(=O)NCCc1cnc[nH]1. The Hall–Kier alpha value is -3.09. The Morgan fingerprint density at radius 2 is 2.28 bits per heavy atom. The molecule has 0 spiro atoms. The van der Waals surface area contributed by atoms with Gasteiger partial charge >= 0.3 is 0 Å². The van der Waals surface area contributed by atoms with E-state index in [1.807, 2.05) is 18.2 Å². The topological polar surface area (TPSA) is 95.7 Å². The van der Waals surface area contributed by atoms with Crippen molar-refractivity contribution in [2.75, 3.05) is 13.7 Å². The van der Waals surface area contributed by atoms with Crippen LogP contribution in [-0.2, 0) is 19.3 Å². The largest absolute Gasteiger partial charge is 0.497 e. The highest BCUT2D eigenvalue weighted by atomic mass is 16.5. The lowest BCUT2D eigenvalue weighted by Gasteiger charge is -2.16. The molecule has 0 aliphatic heterocycles. The van der Waals surface area contributed by atoms with Crippen LogP contribution in [-0.4, -0.2) is 39.7 Å². The van der Waals surface area contributed by atoms with Crippen LogP contribution in [0.15, 0.2) is 30.7 Å². The van der Waals surface area contributed by atoms with Crippen LogP contribution in [0, 0.1) is 0 Å². The normalized spacial score (nSPS) is 12.4. The molecule has 25 heavy (non-hydrogen) atoms. The van der Waals surface area contributed by atoms with Gasteiger partial charge in [0, 0.05) is 36.0 Å². The van der Waals surface area contributed by atoms with E-state index in [-0.39, 0.29) is 5.91 Å². The highest BCUT2D eigenvalue weighted by Crippen LogP contribution is 2.35.